The third-order valence-corrected chi connectivity index (χ3v) is 2.05. The Morgan fingerprint density at radius 3 is 2.47 bits per heavy atom. The second kappa shape index (κ2) is 5.46. The highest BCUT2D eigenvalue weighted by molar-refractivity contribution is 5.26. The van der Waals surface area contributed by atoms with Crippen molar-refractivity contribution in [2.24, 2.45) is 0 Å². The molecule has 0 amide bonds. The topological polar surface area (TPSA) is 32.3 Å². The SMILES string of the molecule is C[C@@H](O)CNCc1cc(F)cc(C(F)(F)F)c1. The molecule has 0 spiro atoms. The molecule has 0 fully saturated rings. The van der Waals surface area contributed by atoms with E-state index in [1.807, 2.05) is 0 Å². The fraction of sp³-hybridized carbons (Fsp3) is 0.455. The Balaban J connectivity index is 2.76. The Kier molecular flexibility index (Phi) is 4.47. The predicted octanol–water partition coefficient (Wildman–Crippen LogP) is 2.31. The number of alkyl halides is 3. The minimum Gasteiger partial charge on any atom is -0.392 e. The molecule has 0 aliphatic heterocycles. The fourth-order valence-electron chi connectivity index (χ4n) is 1.34. The van der Waals surface area contributed by atoms with Crippen molar-refractivity contribution in [3.8, 4) is 0 Å². The molecule has 17 heavy (non-hydrogen) atoms. The van der Waals surface area contributed by atoms with Gasteiger partial charge in [-0.05, 0) is 30.7 Å². The van der Waals surface area contributed by atoms with E-state index in [1.165, 1.54) is 0 Å². The zero-order valence-electron chi connectivity index (χ0n) is 9.18. The molecule has 0 saturated heterocycles. The Hall–Kier alpha value is -1.14. The van der Waals surface area contributed by atoms with Crippen molar-refractivity contribution in [1.82, 2.24) is 5.32 Å². The summed E-state index contributed by atoms with van der Waals surface area (Å²) in [6, 6.07) is 2.38. The Morgan fingerprint density at radius 2 is 1.94 bits per heavy atom. The van der Waals surface area contributed by atoms with Gasteiger partial charge in [-0.15, -0.1) is 0 Å². The van der Waals surface area contributed by atoms with Crippen molar-refractivity contribution < 1.29 is 22.7 Å². The number of halogens is 4. The highest BCUT2D eigenvalue weighted by atomic mass is 19.4. The second-order valence-corrected chi connectivity index (χ2v) is 3.83. The summed E-state index contributed by atoms with van der Waals surface area (Å²) in [6.07, 6.45) is -5.16. The van der Waals surface area contributed by atoms with Gasteiger partial charge in [-0.25, -0.2) is 4.39 Å². The van der Waals surface area contributed by atoms with Crippen LogP contribution in [0.15, 0.2) is 18.2 Å². The molecule has 0 unspecified atom stereocenters. The van der Waals surface area contributed by atoms with E-state index in [0.29, 0.717) is 6.07 Å². The van der Waals surface area contributed by atoms with Crippen molar-refractivity contribution in [2.75, 3.05) is 6.54 Å². The van der Waals surface area contributed by atoms with Crippen LogP contribution < -0.4 is 5.32 Å². The van der Waals surface area contributed by atoms with Crippen molar-refractivity contribution in [2.45, 2.75) is 25.7 Å². The number of aliphatic hydroxyl groups excluding tert-OH is 1. The Labute approximate surface area is 96.3 Å². The number of hydrogen-bond acceptors (Lipinski definition) is 2. The summed E-state index contributed by atoms with van der Waals surface area (Å²) in [6.45, 7) is 1.85. The van der Waals surface area contributed by atoms with Crippen LogP contribution in [-0.2, 0) is 12.7 Å². The Morgan fingerprint density at radius 1 is 1.29 bits per heavy atom. The minimum atomic E-state index is -4.55. The summed E-state index contributed by atoms with van der Waals surface area (Å²) >= 11 is 0. The Bertz CT molecular complexity index is 376. The van der Waals surface area contributed by atoms with Crippen molar-refractivity contribution >= 4 is 0 Å². The van der Waals surface area contributed by atoms with Crippen LogP contribution in [0.25, 0.3) is 0 Å². The largest absolute Gasteiger partial charge is 0.416 e. The van der Waals surface area contributed by atoms with Gasteiger partial charge in [-0.3, -0.25) is 0 Å². The molecule has 2 nitrogen and oxygen atoms in total. The number of hydrogen-bond donors (Lipinski definition) is 2. The lowest BCUT2D eigenvalue weighted by atomic mass is 10.1. The summed E-state index contributed by atoms with van der Waals surface area (Å²) in [5, 5.41) is 11.7. The van der Waals surface area contributed by atoms with E-state index >= 15 is 0 Å². The van der Waals surface area contributed by atoms with Crippen LogP contribution >= 0.6 is 0 Å². The monoisotopic (exact) mass is 251 g/mol. The lowest BCUT2D eigenvalue weighted by molar-refractivity contribution is -0.137. The molecule has 1 aromatic rings. The number of benzene rings is 1. The number of nitrogens with one attached hydrogen (secondary N) is 1. The smallest absolute Gasteiger partial charge is 0.392 e. The molecule has 0 heterocycles. The molecular weight excluding hydrogens is 238 g/mol. The molecule has 0 aromatic heterocycles. The van der Waals surface area contributed by atoms with Crippen molar-refractivity contribution in [3.05, 3.63) is 35.1 Å². The fourth-order valence-corrected chi connectivity index (χ4v) is 1.34. The molecule has 0 radical (unpaired) electrons. The molecule has 96 valence electrons. The average molecular weight is 251 g/mol. The highest BCUT2D eigenvalue weighted by Crippen LogP contribution is 2.30. The van der Waals surface area contributed by atoms with Crippen LogP contribution in [0, 0.1) is 5.82 Å². The third-order valence-electron chi connectivity index (χ3n) is 2.05. The normalized spacial score (nSPS) is 13.8. The van der Waals surface area contributed by atoms with Crippen molar-refractivity contribution in [1.29, 1.82) is 0 Å². The van der Waals surface area contributed by atoms with Gasteiger partial charge in [0.1, 0.15) is 5.82 Å². The van der Waals surface area contributed by atoms with E-state index in [4.69, 9.17) is 5.11 Å². The van der Waals surface area contributed by atoms with Crippen LogP contribution in [0.3, 0.4) is 0 Å². The molecular formula is C11H13F4NO. The quantitative estimate of drug-likeness (QED) is 0.805. The van der Waals surface area contributed by atoms with E-state index in [1.54, 1.807) is 6.92 Å². The zero-order valence-corrected chi connectivity index (χ0v) is 9.18. The molecule has 2 N–H and O–H groups in total. The lowest BCUT2D eigenvalue weighted by Crippen LogP contribution is -2.24. The van der Waals surface area contributed by atoms with E-state index < -0.39 is 23.7 Å². The first-order chi connectivity index (χ1) is 7.79. The average Bonchev–Trinajstić information content (AvgIpc) is 2.14. The lowest BCUT2D eigenvalue weighted by Gasteiger charge is -2.11. The minimum absolute atomic E-state index is 0.0751. The van der Waals surface area contributed by atoms with Gasteiger partial charge < -0.3 is 10.4 Å². The highest BCUT2D eigenvalue weighted by Gasteiger charge is 2.31. The maximum absolute atomic E-state index is 13.0. The molecule has 1 aromatic carbocycles. The van der Waals surface area contributed by atoms with E-state index in [9.17, 15) is 17.6 Å². The molecule has 0 aliphatic rings. The van der Waals surface area contributed by atoms with Gasteiger partial charge in [0.25, 0.3) is 0 Å². The van der Waals surface area contributed by atoms with Gasteiger partial charge in [0, 0.05) is 13.1 Å². The van der Waals surface area contributed by atoms with E-state index in [2.05, 4.69) is 5.32 Å². The first kappa shape index (κ1) is 13.9. The maximum atomic E-state index is 13.0. The van der Waals surface area contributed by atoms with Gasteiger partial charge >= 0.3 is 6.18 Å². The maximum Gasteiger partial charge on any atom is 0.416 e. The molecule has 0 bridgehead atoms. The van der Waals surface area contributed by atoms with Gasteiger partial charge in [0.05, 0.1) is 11.7 Å². The molecule has 6 heteroatoms. The molecule has 0 saturated carbocycles. The summed E-state index contributed by atoms with van der Waals surface area (Å²) in [7, 11) is 0. The summed E-state index contributed by atoms with van der Waals surface area (Å²) in [5.74, 6) is -0.923. The van der Waals surface area contributed by atoms with Crippen LogP contribution in [0.2, 0.25) is 0 Å². The molecule has 0 aliphatic carbocycles. The van der Waals surface area contributed by atoms with Crippen LogP contribution in [0.5, 0.6) is 0 Å². The third kappa shape index (κ3) is 4.70. The van der Waals surface area contributed by atoms with Crippen LogP contribution in [0.4, 0.5) is 17.6 Å². The molecule has 1 rings (SSSR count). The summed E-state index contributed by atoms with van der Waals surface area (Å²) < 4.78 is 50.1. The van der Waals surface area contributed by atoms with Gasteiger partial charge in [0.15, 0.2) is 0 Å². The standard InChI is InChI=1S/C11H13F4NO/c1-7(17)5-16-6-8-2-9(11(13,14)15)4-10(12)3-8/h2-4,7,16-17H,5-6H2,1H3/t7-/m1/s1. The second-order valence-electron chi connectivity index (χ2n) is 3.83. The summed E-state index contributed by atoms with van der Waals surface area (Å²) in [5.41, 5.74) is -0.815. The number of aliphatic hydroxyl groups is 1. The summed E-state index contributed by atoms with van der Waals surface area (Å²) in [4.78, 5) is 0. The van der Waals surface area contributed by atoms with Crippen LogP contribution in [-0.4, -0.2) is 17.8 Å². The van der Waals surface area contributed by atoms with Crippen LogP contribution in [0.1, 0.15) is 18.1 Å². The van der Waals surface area contributed by atoms with E-state index in [0.717, 1.165) is 12.1 Å². The van der Waals surface area contributed by atoms with Gasteiger partial charge in [-0.1, -0.05) is 0 Å². The predicted molar refractivity (Wildman–Crippen MR) is 54.8 cm³/mol. The van der Waals surface area contributed by atoms with E-state index in [-0.39, 0.29) is 18.7 Å². The number of rotatable bonds is 4. The first-order valence-corrected chi connectivity index (χ1v) is 5.04. The first-order valence-electron chi connectivity index (χ1n) is 5.04. The zero-order chi connectivity index (χ0) is 13.1. The van der Waals surface area contributed by atoms with Crippen molar-refractivity contribution in [3.63, 3.8) is 0 Å². The van der Waals surface area contributed by atoms with Gasteiger partial charge in [-0.2, -0.15) is 13.2 Å². The van der Waals surface area contributed by atoms with Gasteiger partial charge in [0.2, 0.25) is 0 Å². The molecule has 1 atom stereocenters.